The van der Waals surface area contributed by atoms with Crippen molar-refractivity contribution >= 4 is 17.3 Å². The summed E-state index contributed by atoms with van der Waals surface area (Å²) in [5.41, 5.74) is -5.39. The number of Topliss-reactive ketones (excluding diaryl/α,β-unsaturated/α-hetero) is 3. The van der Waals surface area contributed by atoms with Crippen LogP contribution in [0.2, 0.25) is 0 Å². The van der Waals surface area contributed by atoms with Gasteiger partial charge >= 0.3 is 0 Å². The highest BCUT2D eigenvalue weighted by Gasteiger charge is 2.74. The number of rotatable bonds is 5. The van der Waals surface area contributed by atoms with Crippen LogP contribution in [0.15, 0.2) is 23.5 Å². The fourth-order valence-corrected chi connectivity index (χ4v) is 8.82. The molecule has 0 unspecified atom stereocenters. The Bertz CT molecular complexity index is 1110. The van der Waals surface area contributed by atoms with Crippen molar-refractivity contribution in [2.24, 2.45) is 39.4 Å². The van der Waals surface area contributed by atoms with Crippen LogP contribution in [0.25, 0.3) is 0 Å². The van der Waals surface area contributed by atoms with Gasteiger partial charge in [0.25, 0.3) is 0 Å². The Balaban J connectivity index is 1.79. The second-order valence-electron chi connectivity index (χ2n) is 14.3. The van der Waals surface area contributed by atoms with E-state index in [1.807, 2.05) is 19.9 Å². The third kappa shape index (κ3) is 3.67. The van der Waals surface area contributed by atoms with Crippen LogP contribution in [0.5, 0.6) is 0 Å². The number of ketones is 3. The Hall–Kier alpha value is -1.83. The lowest BCUT2D eigenvalue weighted by Gasteiger charge is -2.63. The summed E-state index contributed by atoms with van der Waals surface area (Å²) in [5.74, 6) is -2.69. The van der Waals surface area contributed by atoms with E-state index >= 15 is 0 Å². The van der Waals surface area contributed by atoms with Crippen molar-refractivity contribution in [3.8, 4) is 0 Å². The molecule has 4 aliphatic carbocycles. The van der Waals surface area contributed by atoms with Gasteiger partial charge in [-0.2, -0.15) is 0 Å². The normalized spacial score (nSPS) is 42.7. The van der Waals surface area contributed by atoms with Gasteiger partial charge in [-0.05, 0) is 76.7 Å². The van der Waals surface area contributed by atoms with Gasteiger partial charge in [0, 0.05) is 30.1 Å². The topological polar surface area (TPSA) is 132 Å². The maximum Gasteiger partial charge on any atom is 0.206 e. The number of aliphatic hydroxyl groups excluding tert-OH is 2. The molecule has 0 amide bonds. The van der Waals surface area contributed by atoms with Gasteiger partial charge in [0.15, 0.2) is 11.5 Å². The Kier molecular flexibility index (Phi) is 6.16. The van der Waals surface area contributed by atoms with Gasteiger partial charge < -0.3 is 20.4 Å². The van der Waals surface area contributed by atoms with Crippen LogP contribution in [-0.4, -0.2) is 55.1 Å². The molecule has 206 valence electrons. The van der Waals surface area contributed by atoms with Crippen molar-refractivity contribution < 1.29 is 34.8 Å². The Morgan fingerprint density at radius 1 is 1.05 bits per heavy atom. The molecule has 0 aliphatic heterocycles. The van der Waals surface area contributed by atoms with E-state index < -0.39 is 56.6 Å². The molecule has 0 heterocycles. The zero-order chi connectivity index (χ0) is 28.1. The lowest BCUT2D eigenvalue weighted by atomic mass is 9.39. The van der Waals surface area contributed by atoms with E-state index in [0.29, 0.717) is 12.8 Å². The van der Waals surface area contributed by atoms with Crippen LogP contribution in [0.3, 0.4) is 0 Å². The summed E-state index contributed by atoms with van der Waals surface area (Å²) in [4.78, 5) is 40.2. The highest BCUT2D eigenvalue weighted by molar-refractivity contribution is 6.02. The largest absolute Gasteiger partial charge is 0.505 e. The van der Waals surface area contributed by atoms with Crippen LogP contribution in [0.1, 0.15) is 87.5 Å². The summed E-state index contributed by atoms with van der Waals surface area (Å²) in [6.07, 6.45) is 3.64. The first-order chi connectivity index (χ1) is 16.7. The quantitative estimate of drug-likeness (QED) is 0.408. The number of allylic oxidation sites excluding steroid dienone is 4. The summed E-state index contributed by atoms with van der Waals surface area (Å²) in [7, 11) is 0. The monoisotopic (exact) mass is 516 g/mol. The molecule has 2 saturated carbocycles. The average Bonchev–Trinajstić information content (AvgIpc) is 2.96. The Labute approximate surface area is 220 Å². The summed E-state index contributed by atoms with van der Waals surface area (Å²) >= 11 is 0. The van der Waals surface area contributed by atoms with E-state index in [2.05, 4.69) is 6.92 Å². The van der Waals surface area contributed by atoms with Gasteiger partial charge in [0.05, 0.1) is 17.1 Å². The summed E-state index contributed by atoms with van der Waals surface area (Å²) in [6.45, 7) is 14.1. The first-order valence-corrected chi connectivity index (χ1v) is 13.5. The number of carbonyl (C=O) groups is 3. The van der Waals surface area contributed by atoms with Crippen LogP contribution >= 0.6 is 0 Å². The molecule has 37 heavy (non-hydrogen) atoms. The lowest BCUT2D eigenvalue weighted by Crippen LogP contribution is -2.64. The predicted octanol–water partition coefficient (Wildman–Crippen LogP) is 3.84. The minimum Gasteiger partial charge on any atom is -0.505 e. The molecule has 0 bridgehead atoms. The fourth-order valence-electron chi connectivity index (χ4n) is 8.82. The maximum absolute atomic E-state index is 14.2. The van der Waals surface area contributed by atoms with Gasteiger partial charge in [-0.1, -0.05) is 32.4 Å². The Morgan fingerprint density at radius 2 is 1.65 bits per heavy atom. The molecule has 4 aliphatic rings. The molecule has 4 N–H and O–H groups in total. The highest BCUT2D eigenvalue weighted by Crippen LogP contribution is 2.73. The van der Waals surface area contributed by atoms with Gasteiger partial charge in [-0.15, -0.1) is 0 Å². The summed E-state index contributed by atoms with van der Waals surface area (Å²) < 4.78 is 0. The van der Waals surface area contributed by atoms with Crippen molar-refractivity contribution in [2.75, 3.05) is 0 Å². The minimum atomic E-state index is -1.88. The highest BCUT2D eigenvalue weighted by atomic mass is 16.3. The predicted molar refractivity (Wildman–Crippen MR) is 138 cm³/mol. The van der Waals surface area contributed by atoms with Crippen LogP contribution < -0.4 is 0 Å². The van der Waals surface area contributed by atoms with E-state index in [1.165, 1.54) is 13.0 Å². The molecule has 0 saturated heterocycles. The molecule has 7 heteroatoms. The van der Waals surface area contributed by atoms with Crippen molar-refractivity contribution in [1.82, 2.24) is 0 Å². The van der Waals surface area contributed by atoms with Crippen LogP contribution in [0.4, 0.5) is 0 Å². The first kappa shape index (κ1) is 28.2. The molecule has 8 atom stereocenters. The number of hydrogen-bond donors (Lipinski definition) is 4. The molecule has 2 fully saturated rings. The van der Waals surface area contributed by atoms with Gasteiger partial charge in [-0.25, -0.2) is 0 Å². The number of aliphatic hydroxyl groups is 4. The van der Waals surface area contributed by atoms with Crippen LogP contribution in [0, 0.1) is 39.4 Å². The molecule has 4 rings (SSSR count). The second kappa shape index (κ2) is 8.09. The first-order valence-electron chi connectivity index (χ1n) is 13.5. The molecule has 7 nitrogen and oxygen atoms in total. The average molecular weight is 517 g/mol. The molecule has 0 aromatic carbocycles. The molecule has 0 radical (unpaired) electrons. The lowest BCUT2D eigenvalue weighted by molar-refractivity contribution is -0.181. The van der Waals surface area contributed by atoms with Crippen LogP contribution in [-0.2, 0) is 14.4 Å². The van der Waals surface area contributed by atoms with Gasteiger partial charge in [0.1, 0.15) is 11.4 Å². The number of hydrogen-bond acceptors (Lipinski definition) is 7. The van der Waals surface area contributed by atoms with Crippen molar-refractivity contribution in [3.63, 3.8) is 0 Å². The van der Waals surface area contributed by atoms with Gasteiger partial charge in [-0.3, -0.25) is 14.4 Å². The van der Waals surface area contributed by atoms with E-state index in [4.69, 9.17) is 0 Å². The number of fused-ring (bicyclic) bond motifs is 5. The third-order valence-electron chi connectivity index (χ3n) is 11.2. The molecular weight excluding hydrogens is 472 g/mol. The van der Waals surface area contributed by atoms with E-state index in [9.17, 15) is 34.8 Å². The van der Waals surface area contributed by atoms with E-state index in [-0.39, 0.29) is 42.5 Å². The van der Waals surface area contributed by atoms with Crippen molar-refractivity contribution in [1.29, 1.82) is 0 Å². The van der Waals surface area contributed by atoms with E-state index in [0.717, 1.165) is 5.57 Å². The standard InChI is InChI=1S/C30H44O7/c1-25(2,36)12-11-21(33)30(8,37)23-19(32)14-27(5)20-10-9-16-17(13-18(31)24(35)26(16,3)4)29(20,7)22(34)15-28(23,27)6/h9,13,17,19-20,23,31-32,36-37H,10-12,14-15H2,1-8H3/t17-,19-,20+,23+,27+,28-,29+,30-/m1/s1. The van der Waals surface area contributed by atoms with E-state index in [1.54, 1.807) is 27.7 Å². The number of carbonyl (C=O) groups excluding carboxylic acids is 3. The fraction of sp³-hybridized carbons (Fsp3) is 0.767. The third-order valence-corrected chi connectivity index (χ3v) is 11.2. The smallest absolute Gasteiger partial charge is 0.206 e. The molecule has 0 aromatic rings. The zero-order valence-electron chi connectivity index (χ0n) is 23.5. The molecule has 0 aromatic heterocycles. The summed E-state index contributed by atoms with van der Waals surface area (Å²) in [6, 6.07) is 0. The SMILES string of the molecule is CC(C)(O)CCC(=O)[C@@](C)(O)[C@H]1[C@H](O)C[C@@]2(C)[C@@H]3CC=C4[C@@H](C=C(O)C(=O)C4(C)C)[C@]3(C)C(=O)C[C@]12C. The zero-order valence-corrected chi connectivity index (χ0v) is 23.5. The minimum absolute atomic E-state index is 0.0387. The maximum atomic E-state index is 14.2. The van der Waals surface area contributed by atoms with Crippen molar-refractivity contribution in [3.05, 3.63) is 23.5 Å². The molecular formula is C30H44O7. The second-order valence-corrected chi connectivity index (χ2v) is 14.3. The summed E-state index contributed by atoms with van der Waals surface area (Å²) in [5, 5.41) is 43.7. The van der Waals surface area contributed by atoms with Crippen molar-refractivity contribution in [2.45, 2.75) is 105 Å². The van der Waals surface area contributed by atoms with Gasteiger partial charge in [0.2, 0.25) is 5.78 Å². The molecule has 0 spiro atoms. The Morgan fingerprint density at radius 3 is 2.22 bits per heavy atom.